The second-order valence-corrected chi connectivity index (χ2v) is 9.67. The molecule has 12 heteroatoms. The Labute approximate surface area is 214 Å². The molecule has 3 aromatic rings. The first-order valence-electron chi connectivity index (χ1n) is 11.4. The molecule has 0 aliphatic carbocycles. The molecule has 1 saturated heterocycles. The van der Waals surface area contributed by atoms with E-state index in [1.165, 1.54) is 28.6 Å². The van der Waals surface area contributed by atoms with E-state index in [2.05, 4.69) is 10.1 Å². The van der Waals surface area contributed by atoms with E-state index in [0.717, 1.165) is 5.56 Å². The maximum atomic E-state index is 13.4. The average Bonchev–Trinajstić information content (AvgIpc) is 3.43. The fourth-order valence-corrected chi connectivity index (χ4v) is 5.26. The summed E-state index contributed by atoms with van der Waals surface area (Å²) in [5.74, 6) is -0.772. The number of amidine groups is 1. The zero-order chi connectivity index (χ0) is 26.2. The van der Waals surface area contributed by atoms with Gasteiger partial charge in [0.1, 0.15) is 5.75 Å². The molecule has 0 spiro atoms. The molecule has 1 N–H and O–H groups in total. The minimum absolute atomic E-state index is 0.00465. The van der Waals surface area contributed by atoms with Crippen LogP contribution in [0.5, 0.6) is 5.75 Å². The fraction of sp³-hybridized carbons (Fsp3) is 0.320. The minimum Gasteiger partial charge on any atom is -0.508 e. The van der Waals surface area contributed by atoms with Crippen molar-refractivity contribution in [3.8, 4) is 5.75 Å². The molecule has 0 radical (unpaired) electrons. The SMILES string of the molecule is COCC1CN(C2=NC(=O)C(=Cc3ccc4c(cnn4Cc4ccc(O)cc4C(F)(F)F)c3)S2)CCO1. The monoisotopic (exact) mass is 532 g/mol. The Morgan fingerprint density at radius 2 is 2.11 bits per heavy atom. The van der Waals surface area contributed by atoms with Crippen molar-refractivity contribution in [2.45, 2.75) is 18.8 Å². The maximum Gasteiger partial charge on any atom is 0.416 e. The number of nitrogens with zero attached hydrogens (tertiary/aromatic N) is 4. The van der Waals surface area contributed by atoms with Gasteiger partial charge in [0, 0.05) is 25.6 Å². The van der Waals surface area contributed by atoms with Gasteiger partial charge in [-0.05, 0) is 53.2 Å². The van der Waals surface area contributed by atoms with Crippen molar-refractivity contribution in [1.82, 2.24) is 14.7 Å². The van der Waals surface area contributed by atoms with Gasteiger partial charge in [-0.15, -0.1) is 0 Å². The maximum absolute atomic E-state index is 13.4. The quantitative estimate of drug-likeness (QED) is 0.495. The number of aromatic hydroxyl groups is 1. The van der Waals surface area contributed by atoms with E-state index >= 15 is 0 Å². The standard InChI is InChI=1S/C25H23F3N4O4S/c1-35-14-19-13-31(6-7-36-19)24-30-23(34)22(37-24)9-15-2-5-21-17(8-15)11-29-32(21)12-16-3-4-18(33)10-20(16)25(26,27)28/h2-5,8-11,19,33H,6-7,12-14H2,1H3. The lowest BCUT2D eigenvalue weighted by atomic mass is 10.1. The van der Waals surface area contributed by atoms with Crippen LogP contribution in [0.1, 0.15) is 16.7 Å². The summed E-state index contributed by atoms with van der Waals surface area (Å²) < 4.78 is 52.6. The zero-order valence-electron chi connectivity index (χ0n) is 19.7. The lowest BCUT2D eigenvalue weighted by Gasteiger charge is -2.33. The second kappa shape index (κ2) is 10.2. The van der Waals surface area contributed by atoms with E-state index in [1.807, 2.05) is 11.0 Å². The van der Waals surface area contributed by atoms with E-state index in [0.29, 0.717) is 53.3 Å². The van der Waals surface area contributed by atoms with Crippen LogP contribution in [0.25, 0.3) is 17.0 Å². The number of methoxy groups -OCH3 is 1. The molecule has 2 aliphatic heterocycles. The van der Waals surface area contributed by atoms with Gasteiger partial charge in [-0.3, -0.25) is 9.48 Å². The van der Waals surface area contributed by atoms with Crippen molar-refractivity contribution in [1.29, 1.82) is 0 Å². The molecule has 0 bridgehead atoms. The van der Waals surface area contributed by atoms with Crippen LogP contribution >= 0.6 is 11.8 Å². The number of carbonyl (C=O) groups excluding carboxylic acids is 1. The summed E-state index contributed by atoms with van der Waals surface area (Å²) in [5, 5.41) is 15.1. The lowest BCUT2D eigenvalue weighted by molar-refractivity contribution is -0.138. The number of rotatable bonds is 5. The molecule has 5 rings (SSSR count). The summed E-state index contributed by atoms with van der Waals surface area (Å²) in [6.45, 7) is 2.09. The number of ether oxygens (including phenoxy) is 2. The topological polar surface area (TPSA) is 89.2 Å². The Kier molecular flexibility index (Phi) is 6.97. The van der Waals surface area contributed by atoms with Crippen LogP contribution in [0.4, 0.5) is 13.2 Å². The highest BCUT2D eigenvalue weighted by Crippen LogP contribution is 2.35. The van der Waals surface area contributed by atoms with E-state index in [9.17, 15) is 23.1 Å². The minimum atomic E-state index is -4.60. The van der Waals surface area contributed by atoms with Gasteiger partial charge in [0.25, 0.3) is 5.91 Å². The molecule has 194 valence electrons. The van der Waals surface area contributed by atoms with Gasteiger partial charge in [-0.1, -0.05) is 12.1 Å². The van der Waals surface area contributed by atoms with Gasteiger partial charge in [-0.2, -0.15) is 23.3 Å². The Morgan fingerprint density at radius 3 is 2.89 bits per heavy atom. The van der Waals surface area contributed by atoms with Gasteiger partial charge in [-0.25, -0.2) is 0 Å². The van der Waals surface area contributed by atoms with Crippen molar-refractivity contribution in [2.24, 2.45) is 4.99 Å². The number of morpholine rings is 1. The first-order chi connectivity index (χ1) is 17.7. The Balaban J connectivity index is 1.33. The van der Waals surface area contributed by atoms with Crippen molar-refractivity contribution < 1.29 is 32.5 Å². The van der Waals surface area contributed by atoms with Crippen molar-refractivity contribution in [3.05, 3.63) is 64.2 Å². The number of carbonyl (C=O) groups is 1. The van der Waals surface area contributed by atoms with Crippen LogP contribution in [0.3, 0.4) is 0 Å². The third kappa shape index (κ3) is 5.50. The molecule has 1 atom stereocenters. The summed E-state index contributed by atoms with van der Waals surface area (Å²) in [4.78, 5) is 19.3. The van der Waals surface area contributed by atoms with E-state index in [4.69, 9.17) is 9.47 Å². The number of fused-ring (bicyclic) bond motifs is 1. The number of thioether (sulfide) groups is 1. The molecular weight excluding hydrogens is 509 g/mol. The van der Waals surface area contributed by atoms with Crippen LogP contribution in [0, 0.1) is 0 Å². The summed E-state index contributed by atoms with van der Waals surface area (Å²) >= 11 is 1.30. The summed E-state index contributed by atoms with van der Waals surface area (Å²) in [5.41, 5.74) is 0.483. The first kappa shape index (κ1) is 25.3. The highest BCUT2D eigenvalue weighted by atomic mass is 32.2. The van der Waals surface area contributed by atoms with Crippen molar-refractivity contribution >= 4 is 39.8 Å². The number of aromatic nitrogens is 2. The number of aliphatic imine (C=N–C) groups is 1. The smallest absolute Gasteiger partial charge is 0.416 e. The molecule has 0 saturated carbocycles. The second-order valence-electron chi connectivity index (χ2n) is 8.66. The van der Waals surface area contributed by atoms with E-state index < -0.39 is 17.5 Å². The molecule has 1 aromatic heterocycles. The molecular formula is C25H23F3N4O4S. The van der Waals surface area contributed by atoms with Gasteiger partial charge in [0.05, 0.1) is 48.0 Å². The summed E-state index contributed by atoms with van der Waals surface area (Å²) in [6.07, 6.45) is -1.37. The molecule has 1 unspecified atom stereocenters. The third-order valence-corrected chi connectivity index (χ3v) is 7.10. The molecule has 1 fully saturated rings. The van der Waals surface area contributed by atoms with Crippen LogP contribution in [-0.2, 0) is 27.0 Å². The Hall–Kier alpha value is -3.35. The number of hydrogen-bond donors (Lipinski definition) is 1. The highest BCUT2D eigenvalue weighted by molar-refractivity contribution is 8.18. The predicted molar refractivity (Wildman–Crippen MR) is 133 cm³/mol. The summed E-state index contributed by atoms with van der Waals surface area (Å²) in [7, 11) is 1.61. The van der Waals surface area contributed by atoms with Crippen LogP contribution in [0.15, 0.2) is 52.5 Å². The van der Waals surface area contributed by atoms with Gasteiger partial charge in [0.2, 0.25) is 0 Å². The molecule has 3 heterocycles. The number of halogens is 3. The largest absolute Gasteiger partial charge is 0.508 e. The van der Waals surface area contributed by atoms with Crippen molar-refractivity contribution in [2.75, 3.05) is 33.4 Å². The number of benzene rings is 2. The number of alkyl halides is 3. The number of phenols is 1. The zero-order valence-corrected chi connectivity index (χ0v) is 20.6. The number of hydrogen-bond acceptors (Lipinski definition) is 7. The van der Waals surface area contributed by atoms with Gasteiger partial charge >= 0.3 is 6.18 Å². The van der Waals surface area contributed by atoms with Crippen LogP contribution in [0.2, 0.25) is 0 Å². The summed E-state index contributed by atoms with van der Waals surface area (Å²) in [6, 6.07) is 8.55. The van der Waals surface area contributed by atoms with E-state index in [1.54, 1.807) is 31.5 Å². The Bertz CT molecular complexity index is 1400. The number of phenolic OH excluding ortho intramolecular Hbond substituents is 1. The van der Waals surface area contributed by atoms with Gasteiger partial charge < -0.3 is 19.5 Å². The normalized spacial score (nSPS) is 19.7. The van der Waals surface area contributed by atoms with Crippen molar-refractivity contribution in [3.63, 3.8) is 0 Å². The average molecular weight is 533 g/mol. The highest BCUT2D eigenvalue weighted by Gasteiger charge is 2.34. The third-order valence-electron chi connectivity index (χ3n) is 6.05. The van der Waals surface area contributed by atoms with Crippen LogP contribution in [-0.4, -0.2) is 70.4 Å². The molecule has 2 aromatic carbocycles. The molecule has 2 aliphatic rings. The van der Waals surface area contributed by atoms with E-state index in [-0.39, 0.29) is 24.1 Å². The molecule has 8 nitrogen and oxygen atoms in total. The number of amides is 1. The molecule has 37 heavy (non-hydrogen) atoms. The Morgan fingerprint density at radius 1 is 1.27 bits per heavy atom. The van der Waals surface area contributed by atoms with Gasteiger partial charge in [0.15, 0.2) is 5.17 Å². The van der Waals surface area contributed by atoms with Crippen LogP contribution < -0.4 is 0 Å². The first-order valence-corrected chi connectivity index (χ1v) is 12.3. The molecule has 1 amide bonds. The lowest BCUT2D eigenvalue weighted by Crippen LogP contribution is -2.46. The predicted octanol–water partition coefficient (Wildman–Crippen LogP) is 4.13. The fourth-order valence-electron chi connectivity index (χ4n) is 4.31.